The Hall–Kier alpha value is -2.21. The molecule has 0 radical (unpaired) electrons. The number of carbonyl (C=O) groups is 2. The Morgan fingerprint density at radius 1 is 1.00 bits per heavy atom. The summed E-state index contributed by atoms with van der Waals surface area (Å²) in [7, 11) is 0. The third kappa shape index (κ3) is 5.13. The van der Waals surface area contributed by atoms with Crippen LogP contribution in [-0.2, 0) is 9.59 Å². The zero-order valence-electron chi connectivity index (χ0n) is 14.6. The molecule has 0 bridgehead atoms. The van der Waals surface area contributed by atoms with Gasteiger partial charge in [0.1, 0.15) is 0 Å². The lowest BCUT2D eigenvalue weighted by atomic mass is 10.2. The average molecular weight is 342 g/mol. The number of amides is 2. The summed E-state index contributed by atoms with van der Waals surface area (Å²) in [5, 5.41) is 0. The minimum Gasteiger partial charge on any atom is -0.342 e. The molecule has 6 nitrogen and oxygen atoms in total. The maximum absolute atomic E-state index is 12.4. The van der Waals surface area contributed by atoms with E-state index in [1.807, 2.05) is 21.9 Å². The number of pyridine rings is 1. The Kier molecular flexibility index (Phi) is 6.17. The Morgan fingerprint density at radius 3 is 2.56 bits per heavy atom. The lowest BCUT2D eigenvalue weighted by molar-refractivity contribution is -0.131. The van der Waals surface area contributed by atoms with E-state index in [1.165, 1.54) is 0 Å². The molecule has 3 heterocycles. The van der Waals surface area contributed by atoms with Gasteiger partial charge in [-0.1, -0.05) is 6.07 Å². The molecule has 0 N–H and O–H groups in total. The fraction of sp³-hybridized carbons (Fsp3) is 0.526. The van der Waals surface area contributed by atoms with Gasteiger partial charge in [-0.25, -0.2) is 0 Å². The molecule has 2 amide bonds. The summed E-state index contributed by atoms with van der Waals surface area (Å²) < 4.78 is 0. The Morgan fingerprint density at radius 2 is 1.80 bits per heavy atom. The van der Waals surface area contributed by atoms with Crippen LogP contribution in [0.3, 0.4) is 0 Å². The van der Waals surface area contributed by atoms with Gasteiger partial charge in [0, 0.05) is 57.7 Å². The predicted octanol–water partition coefficient (Wildman–Crippen LogP) is 1.25. The first-order valence-electron chi connectivity index (χ1n) is 9.09. The molecule has 134 valence electrons. The summed E-state index contributed by atoms with van der Waals surface area (Å²) in [4.78, 5) is 34.7. The molecule has 1 aromatic rings. The molecule has 0 aliphatic carbocycles. The monoisotopic (exact) mass is 342 g/mol. The molecule has 25 heavy (non-hydrogen) atoms. The number of hydrogen-bond acceptors (Lipinski definition) is 4. The van der Waals surface area contributed by atoms with Crippen molar-refractivity contribution in [1.82, 2.24) is 19.7 Å². The van der Waals surface area contributed by atoms with Crippen molar-refractivity contribution >= 4 is 17.9 Å². The van der Waals surface area contributed by atoms with E-state index in [1.54, 1.807) is 24.5 Å². The van der Waals surface area contributed by atoms with E-state index >= 15 is 0 Å². The van der Waals surface area contributed by atoms with Crippen molar-refractivity contribution in [2.45, 2.75) is 19.3 Å². The van der Waals surface area contributed by atoms with E-state index in [-0.39, 0.29) is 11.8 Å². The van der Waals surface area contributed by atoms with Crippen LogP contribution in [-0.4, -0.2) is 77.3 Å². The van der Waals surface area contributed by atoms with Crippen molar-refractivity contribution in [2.75, 3.05) is 45.8 Å². The van der Waals surface area contributed by atoms with Gasteiger partial charge < -0.3 is 9.80 Å². The quantitative estimate of drug-likeness (QED) is 0.773. The van der Waals surface area contributed by atoms with Crippen LogP contribution >= 0.6 is 0 Å². The van der Waals surface area contributed by atoms with Crippen LogP contribution in [0.4, 0.5) is 0 Å². The third-order valence-corrected chi connectivity index (χ3v) is 4.82. The molecule has 2 aliphatic rings. The van der Waals surface area contributed by atoms with Crippen LogP contribution < -0.4 is 0 Å². The maximum atomic E-state index is 12.4. The molecule has 0 unspecified atom stereocenters. The number of carbonyl (C=O) groups excluding carboxylic acids is 2. The van der Waals surface area contributed by atoms with Gasteiger partial charge in [0.25, 0.3) is 0 Å². The highest BCUT2D eigenvalue weighted by Gasteiger charge is 2.23. The normalized spacial score (nSPS) is 19.4. The van der Waals surface area contributed by atoms with E-state index in [2.05, 4.69) is 9.88 Å². The molecule has 0 saturated carbocycles. The van der Waals surface area contributed by atoms with E-state index in [4.69, 9.17) is 0 Å². The zero-order chi connectivity index (χ0) is 17.5. The summed E-state index contributed by atoms with van der Waals surface area (Å²) >= 11 is 0. The van der Waals surface area contributed by atoms with Crippen LogP contribution in [0.2, 0.25) is 0 Å². The predicted molar refractivity (Wildman–Crippen MR) is 96.7 cm³/mol. The molecule has 3 rings (SSSR count). The number of likely N-dealkylation sites (tertiary alicyclic amines) is 1. The maximum Gasteiger partial charge on any atom is 0.246 e. The lowest BCUT2D eigenvalue weighted by Crippen LogP contribution is -2.41. The summed E-state index contributed by atoms with van der Waals surface area (Å²) in [6, 6.07) is 3.77. The van der Waals surface area contributed by atoms with Crippen LogP contribution in [0.25, 0.3) is 6.08 Å². The van der Waals surface area contributed by atoms with E-state index < -0.39 is 0 Å². The Labute approximate surface area is 149 Å². The summed E-state index contributed by atoms with van der Waals surface area (Å²) in [5.41, 5.74) is 0.920. The summed E-state index contributed by atoms with van der Waals surface area (Å²) in [6.07, 6.45) is 10.0. The van der Waals surface area contributed by atoms with Gasteiger partial charge in [-0.05, 0) is 37.0 Å². The fourth-order valence-corrected chi connectivity index (χ4v) is 3.35. The highest BCUT2D eigenvalue weighted by Crippen LogP contribution is 2.10. The average Bonchev–Trinajstić information content (AvgIpc) is 3.08. The van der Waals surface area contributed by atoms with Crippen molar-refractivity contribution < 1.29 is 9.59 Å². The van der Waals surface area contributed by atoms with Gasteiger partial charge in [-0.15, -0.1) is 0 Å². The van der Waals surface area contributed by atoms with Gasteiger partial charge in [0.2, 0.25) is 11.8 Å². The molecular weight excluding hydrogens is 316 g/mol. The first kappa shape index (κ1) is 17.6. The number of hydrogen-bond donors (Lipinski definition) is 0. The molecule has 0 aromatic carbocycles. The van der Waals surface area contributed by atoms with Crippen molar-refractivity contribution in [2.24, 2.45) is 0 Å². The minimum atomic E-state index is 0.0246. The topological polar surface area (TPSA) is 56.8 Å². The van der Waals surface area contributed by atoms with Crippen LogP contribution in [0.1, 0.15) is 24.8 Å². The summed E-state index contributed by atoms with van der Waals surface area (Å²) in [5.74, 6) is 0.255. The van der Waals surface area contributed by atoms with Gasteiger partial charge in [0.05, 0.1) is 6.54 Å². The van der Waals surface area contributed by atoms with E-state index in [9.17, 15) is 9.59 Å². The third-order valence-electron chi connectivity index (χ3n) is 4.82. The molecule has 2 saturated heterocycles. The minimum absolute atomic E-state index is 0.0246. The first-order chi connectivity index (χ1) is 12.2. The number of nitrogens with zero attached hydrogens (tertiary/aromatic N) is 4. The van der Waals surface area contributed by atoms with Crippen molar-refractivity contribution in [3.63, 3.8) is 0 Å². The highest BCUT2D eigenvalue weighted by molar-refractivity contribution is 5.91. The largest absolute Gasteiger partial charge is 0.342 e. The second kappa shape index (κ2) is 8.76. The SMILES string of the molecule is O=C(C=Cc1cccnc1)N1CCCN(CC(=O)N2CCCC2)CC1. The Bertz CT molecular complexity index is 611. The van der Waals surface area contributed by atoms with Crippen molar-refractivity contribution in [1.29, 1.82) is 0 Å². The molecule has 2 fully saturated rings. The van der Waals surface area contributed by atoms with E-state index in [0.717, 1.165) is 57.5 Å². The molecule has 6 heteroatoms. The van der Waals surface area contributed by atoms with Crippen LogP contribution in [0, 0.1) is 0 Å². The van der Waals surface area contributed by atoms with Crippen molar-refractivity contribution in [3.05, 3.63) is 36.2 Å². The van der Waals surface area contributed by atoms with Gasteiger partial charge in [-0.2, -0.15) is 0 Å². The highest BCUT2D eigenvalue weighted by atomic mass is 16.2. The van der Waals surface area contributed by atoms with Gasteiger partial charge in [0.15, 0.2) is 0 Å². The molecule has 1 aromatic heterocycles. The number of aromatic nitrogens is 1. The summed E-state index contributed by atoms with van der Waals surface area (Å²) in [6.45, 7) is 5.32. The van der Waals surface area contributed by atoms with Crippen LogP contribution in [0.5, 0.6) is 0 Å². The van der Waals surface area contributed by atoms with Crippen LogP contribution in [0.15, 0.2) is 30.6 Å². The second-order valence-corrected chi connectivity index (χ2v) is 6.66. The van der Waals surface area contributed by atoms with E-state index in [0.29, 0.717) is 13.1 Å². The van der Waals surface area contributed by atoms with Crippen molar-refractivity contribution in [3.8, 4) is 0 Å². The first-order valence-corrected chi connectivity index (χ1v) is 9.09. The molecule has 2 aliphatic heterocycles. The fourth-order valence-electron chi connectivity index (χ4n) is 3.35. The van der Waals surface area contributed by atoms with Gasteiger partial charge >= 0.3 is 0 Å². The molecular formula is C19H26N4O2. The Balaban J connectivity index is 1.48. The standard InChI is InChI=1S/C19H26N4O2/c24-18(7-6-17-5-3-8-20-15-17)23-12-4-9-21(13-14-23)16-19(25)22-10-1-2-11-22/h3,5-8,15H,1-2,4,9-14,16H2. The lowest BCUT2D eigenvalue weighted by Gasteiger charge is -2.23. The van der Waals surface area contributed by atoms with Gasteiger partial charge in [-0.3, -0.25) is 19.5 Å². The number of rotatable bonds is 4. The zero-order valence-corrected chi connectivity index (χ0v) is 14.6. The molecule has 0 atom stereocenters. The smallest absolute Gasteiger partial charge is 0.246 e. The second-order valence-electron chi connectivity index (χ2n) is 6.66. The molecule has 0 spiro atoms.